The van der Waals surface area contributed by atoms with Crippen LogP contribution in [0.5, 0.6) is 5.75 Å². The molecule has 3 nitrogen and oxygen atoms in total. The highest BCUT2D eigenvalue weighted by atomic mass is 35.5. The van der Waals surface area contributed by atoms with Crippen molar-refractivity contribution in [2.24, 2.45) is 11.8 Å². The average Bonchev–Trinajstić information content (AvgIpc) is 2.64. The second-order valence-electron chi connectivity index (χ2n) is 9.93. The Morgan fingerprint density at radius 3 is 1.97 bits per heavy atom. The quantitative estimate of drug-likeness (QED) is 0.388. The molecule has 0 aromatic heterocycles. The van der Waals surface area contributed by atoms with Gasteiger partial charge in [-0.1, -0.05) is 70.2 Å². The first kappa shape index (κ1) is 27.5. The average molecular weight is 448 g/mol. The zero-order valence-corrected chi connectivity index (χ0v) is 21.4. The molecule has 4 heteroatoms. The predicted molar refractivity (Wildman–Crippen MR) is 126 cm³/mol. The fourth-order valence-electron chi connectivity index (χ4n) is 3.82. The number of benzene rings is 2. The zero-order chi connectivity index (χ0) is 22.3. The van der Waals surface area contributed by atoms with Crippen LogP contribution in [0, 0.1) is 11.8 Å². The first-order chi connectivity index (χ1) is 14.1. The van der Waals surface area contributed by atoms with Crippen molar-refractivity contribution in [2.75, 3.05) is 14.1 Å². The number of ether oxygens (including phenoxy) is 2. The minimum absolute atomic E-state index is 0. The molecule has 174 valence electrons. The van der Waals surface area contributed by atoms with E-state index in [1.807, 2.05) is 6.92 Å². The third-order valence-corrected chi connectivity index (χ3v) is 5.57. The van der Waals surface area contributed by atoms with Gasteiger partial charge in [-0.15, -0.1) is 0 Å². The maximum Gasteiger partial charge on any atom is 0.202 e. The molecule has 2 unspecified atom stereocenters. The molecular formula is C27H42ClNO2. The van der Waals surface area contributed by atoms with Crippen LogP contribution >= 0.6 is 0 Å². The Morgan fingerprint density at radius 1 is 0.774 bits per heavy atom. The largest absolute Gasteiger partial charge is 1.00 e. The predicted octanol–water partition coefficient (Wildman–Crippen LogP) is 3.45. The molecule has 0 saturated heterocycles. The van der Waals surface area contributed by atoms with Crippen molar-refractivity contribution in [1.29, 1.82) is 0 Å². The number of rotatable bonds is 11. The molecule has 2 aromatic rings. The number of hydrogen-bond donors (Lipinski definition) is 0. The first-order valence-electron chi connectivity index (χ1n) is 11.4. The van der Waals surface area contributed by atoms with Gasteiger partial charge in [-0.2, -0.15) is 0 Å². The second kappa shape index (κ2) is 12.5. The van der Waals surface area contributed by atoms with Crippen molar-refractivity contribution in [3.05, 3.63) is 65.2 Å². The molecule has 0 aliphatic carbocycles. The monoisotopic (exact) mass is 447 g/mol. The highest BCUT2D eigenvalue weighted by molar-refractivity contribution is 5.41. The van der Waals surface area contributed by atoms with Gasteiger partial charge in [-0.05, 0) is 48.8 Å². The lowest BCUT2D eigenvalue weighted by Crippen LogP contribution is -3.00. The van der Waals surface area contributed by atoms with Crippen LogP contribution in [-0.2, 0) is 24.1 Å². The zero-order valence-electron chi connectivity index (χ0n) is 20.7. The summed E-state index contributed by atoms with van der Waals surface area (Å²) < 4.78 is 13.4. The van der Waals surface area contributed by atoms with E-state index in [0.717, 1.165) is 29.6 Å². The number of nitrogens with zero attached hydrogens (tertiary/aromatic N) is 1. The van der Waals surface area contributed by atoms with E-state index < -0.39 is 0 Å². The van der Waals surface area contributed by atoms with Gasteiger partial charge in [-0.3, -0.25) is 9.22 Å². The molecule has 0 N–H and O–H groups in total. The van der Waals surface area contributed by atoms with Gasteiger partial charge in [0, 0.05) is 12.5 Å². The van der Waals surface area contributed by atoms with Gasteiger partial charge in [0.2, 0.25) is 6.29 Å². The summed E-state index contributed by atoms with van der Waals surface area (Å²) in [6, 6.07) is 17.0. The van der Waals surface area contributed by atoms with Gasteiger partial charge in [0.25, 0.3) is 0 Å². The SMILES string of the molecule is CC(C)Cc1cccc(OC(C)OC(C)[N+](C)(C)Cc2ccccc2)c1CC(C)C.[Cl-]. The molecule has 2 rings (SSSR count). The van der Waals surface area contributed by atoms with Gasteiger partial charge < -0.3 is 17.1 Å². The molecule has 0 radical (unpaired) electrons. The van der Waals surface area contributed by atoms with E-state index >= 15 is 0 Å². The Kier molecular flexibility index (Phi) is 11.1. The van der Waals surface area contributed by atoms with Crippen LogP contribution in [0.25, 0.3) is 0 Å². The summed E-state index contributed by atoms with van der Waals surface area (Å²) in [5.41, 5.74) is 4.05. The van der Waals surface area contributed by atoms with Crippen LogP contribution in [0.1, 0.15) is 58.2 Å². The van der Waals surface area contributed by atoms with E-state index in [0.29, 0.717) is 11.8 Å². The Hall–Kier alpha value is -1.55. The second-order valence-corrected chi connectivity index (χ2v) is 9.93. The molecule has 0 amide bonds. The molecule has 31 heavy (non-hydrogen) atoms. The van der Waals surface area contributed by atoms with Crippen LogP contribution in [0.3, 0.4) is 0 Å². The highest BCUT2D eigenvalue weighted by Gasteiger charge is 2.27. The maximum absolute atomic E-state index is 6.35. The van der Waals surface area contributed by atoms with Crippen molar-refractivity contribution >= 4 is 0 Å². The van der Waals surface area contributed by atoms with E-state index in [1.165, 1.54) is 16.7 Å². The van der Waals surface area contributed by atoms with Gasteiger partial charge in [0.1, 0.15) is 12.3 Å². The number of quaternary nitrogens is 1. The van der Waals surface area contributed by atoms with Crippen LogP contribution in [0.15, 0.2) is 48.5 Å². The van der Waals surface area contributed by atoms with E-state index in [4.69, 9.17) is 9.47 Å². The normalized spacial score (nSPS) is 13.7. The molecule has 0 fully saturated rings. The summed E-state index contributed by atoms with van der Waals surface area (Å²) >= 11 is 0. The Morgan fingerprint density at radius 2 is 1.39 bits per heavy atom. The number of halogens is 1. The molecule has 0 bridgehead atoms. The highest BCUT2D eigenvalue weighted by Crippen LogP contribution is 2.29. The van der Waals surface area contributed by atoms with Gasteiger partial charge >= 0.3 is 0 Å². The summed E-state index contributed by atoms with van der Waals surface area (Å²) in [6.07, 6.45) is 1.79. The van der Waals surface area contributed by atoms with E-state index in [-0.39, 0.29) is 24.9 Å². The standard InChI is InChI=1S/C27H42NO2.ClH/c1-20(2)17-25-15-12-16-27(26(25)18-21(3)4)30-23(6)29-22(5)28(7,8)19-24-13-10-9-11-14-24;/h9-16,20-23H,17-19H2,1-8H3;1H/q+1;/p-1. The molecular weight excluding hydrogens is 406 g/mol. The summed E-state index contributed by atoms with van der Waals surface area (Å²) in [5, 5.41) is 0. The van der Waals surface area contributed by atoms with Crippen LogP contribution in [-0.4, -0.2) is 31.1 Å². The fourth-order valence-corrected chi connectivity index (χ4v) is 3.82. The Labute approximate surface area is 196 Å². The van der Waals surface area contributed by atoms with Gasteiger partial charge in [0.15, 0.2) is 6.23 Å². The van der Waals surface area contributed by atoms with Crippen LogP contribution in [0.2, 0.25) is 0 Å². The van der Waals surface area contributed by atoms with Crippen molar-refractivity contribution < 1.29 is 26.4 Å². The summed E-state index contributed by atoms with van der Waals surface area (Å²) in [6.45, 7) is 14.1. The lowest BCUT2D eigenvalue weighted by Gasteiger charge is -2.37. The minimum Gasteiger partial charge on any atom is -1.00 e. The van der Waals surface area contributed by atoms with Crippen molar-refractivity contribution in [1.82, 2.24) is 0 Å². The topological polar surface area (TPSA) is 18.5 Å². The van der Waals surface area contributed by atoms with Crippen molar-refractivity contribution in [2.45, 2.75) is 73.4 Å². The molecule has 0 spiro atoms. The van der Waals surface area contributed by atoms with Gasteiger partial charge in [0.05, 0.1) is 14.1 Å². The lowest BCUT2D eigenvalue weighted by atomic mass is 9.92. The summed E-state index contributed by atoms with van der Waals surface area (Å²) in [5.74, 6) is 2.17. The van der Waals surface area contributed by atoms with E-state index in [2.05, 4.69) is 97.2 Å². The summed E-state index contributed by atoms with van der Waals surface area (Å²) in [7, 11) is 4.41. The molecule has 0 aliphatic rings. The van der Waals surface area contributed by atoms with E-state index in [9.17, 15) is 0 Å². The Bertz CT molecular complexity index is 774. The van der Waals surface area contributed by atoms with E-state index in [1.54, 1.807) is 0 Å². The fraction of sp³-hybridized carbons (Fsp3) is 0.556. The molecule has 2 atom stereocenters. The number of hydrogen-bond acceptors (Lipinski definition) is 2. The van der Waals surface area contributed by atoms with Crippen molar-refractivity contribution in [3.8, 4) is 5.75 Å². The molecule has 0 saturated carbocycles. The third-order valence-electron chi connectivity index (χ3n) is 5.57. The van der Waals surface area contributed by atoms with Crippen LogP contribution < -0.4 is 17.1 Å². The third kappa shape index (κ3) is 8.84. The van der Waals surface area contributed by atoms with Crippen molar-refractivity contribution in [3.63, 3.8) is 0 Å². The molecule has 2 aromatic carbocycles. The van der Waals surface area contributed by atoms with Crippen LogP contribution in [0.4, 0.5) is 0 Å². The van der Waals surface area contributed by atoms with Gasteiger partial charge in [-0.25, -0.2) is 0 Å². The Balaban J connectivity index is 0.00000480. The smallest absolute Gasteiger partial charge is 0.202 e. The minimum atomic E-state index is -0.312. The first-order valence-corrected chi connectivity index (χ1v) is 11.4. The maximum atomic E-state index is 6.35. The molecule has 0 aliphatic heterocycles. The summed E-state index contributed by atoms with van der Waals surface area (Å²) in [4.78, 5) is 0. The molecule has 0 heterocycles. The lowest BCUT2D eigenvalue weighted by molar-refractivity contribution is -0.949.